The molecular formula is C18H24N2O2. The summed E-state index contributed by atoms with van der Waals surface area (Å²) >= 11 is 0. The first-order valence-corrected chi connectivity index (χ1v) is 8.02. The first-order chi connectivity index (χ1) is 10.5. The molecule has 1 fully saturated rings. The van der Waals surface area contributed by atoms with Crippen LogP contribution in [-0.4, -0.2) is 17.7 Å². The van der Waals surface area contributed by atoms with Crippen LogP contribution in [-0.2, 0) is 5.41 Å². The van der Waals surface area contributed by atoms with Crippen LogP contribution in [0.3, 0.4) is 0 Å². The molecule has 2 N–H and O–H groups in total. The van der Waals surface area contributed by atoms with Crippen LogP contribution >= 0.6 is 0 Å². The summed E-state index contributed by atoms with van der Waals surface area (Å²) in [5, 5.41) is 6.03. The molecule has 2 heterocycles. The summed E-state index contributed by atoms with van der Waals surface area (Å²) in [6.45, 7) is 5.56. The van der Waals surface area contributed by atoms with Gasteiger partial charge in [0, 0.05) is 18.0 Å². The minimum Gasteiger partial charge on any atom is -0.383 e. The van der Waals surface area contributed by atoms with Crippen LogP contribution in [0.1, 0.15) is 50.4 Å². The molecule has 2 atom stereocenters. The fourth-order valence-electron chi connectivity index (χ4n) is 3.54. The van der Waals surface area contributed by atoms with Crippen molar-refractivity contribution in [3.8, 4) is 0 Å². The van der Waals surface area contributed by atoms with Crippen molar-refractivity contribution < 1.29 is 4.52 Å². The Morgan fingerprint density at radius 3 is 2.73 bits per heavy atom. The molecule has 22 heavy (non-hydrogen) atoms. The Bertz CT molecular complexity index is 657. The van der Waals surface area contributed by atoms with Crippen molar-refractivity contribution in [2.45, 2.75) is 50.5 Å². The zero-order valence-electron chi connectivity index (χ0n) is 13.3. The van der Waals surface area contributed by atoms with Gasteiger partial charge in [-0.2, -0.15) is 5.16 Å². The first-order valence-electron chi connectivity index (χ1n) is 8.02. The summed E-state index contributed by atoms with van der Waals surface area (Å²) < 4.78 is 5.30. The lowest BCUT2D eigenvalue weighted by Crippen LogP contribution is -2.41. The van der Waals surface area contributed by atoms with Crippen molar-refractivity contribution in [1.82, 2.24) is 10.5 Å². The average Bonchev–Trinajstić information content (AvgIpc) is 2.95. The molecule has 0 spiro atoms. The highest BCUT2D eigenvalue weighted by molar-refractivity contribution is 5.24. The number of aromatic amines is 1. The van der Waals surface area contributed by atoms with Crippen LogP contribution in [0.15, 0.2) is 45.7 Å². The maximum Gasteiger partial charge on any atom is 0.280 e. The Hall–Kier alpha value is -1.81. The molecule has 4 heteroatoms. The molecule has 1 aromatic heterocycles. The van der Waals surface area contributed by atoms with Gasteiger partial charge in [-0.05, 0) is 36.8 Å². The van der Waals surface area contributed by atoms with Crippen LogP contribution in [0.25, 0.3) is 0 Å². The van der Waals surface area contributed by atoms with Gasteiger partial charge in [0.25, 0.3) is 5.56 Å². The molecule has 1 aromatic carbocycles. The van der Waals surface area contributed by atoms with Gasteiger partial charge in [0.2, 0.25) is 0 Å². The van der Waals surface area contributed by atoms with Crippen LogP contribution in [0, 0.1) is 0 Å². The number of H-pyrrole nitrogens is 1. The molecule has 0 saturated carbocycles. The second-order valence-electron chi connectivity index (χ2n) is 6.94. The second-order valence-corrected chi connectivity index (χ2v) is 6.94. The minimum absolute atomic E-state index is 0.125. The zero-order valence-corrected chi connectivity index (χ0v) is 13.3. The predicted molar refractivity (Wildman–Crippen MR) is 87.2 cm³/mol. The standard InChI is InChI=1S/C18H24N2O2/c1-18(2,14-6-4-3-5-7-14)12-15-10-13(8-9-19-15)16-11-17(21)20-22-16/h3-7,11,13,15,19H,8-10,12H2,1-2H3,(H,20,21)/t13-,15-/m0/s1. The van der Waals surface area contributed by atoms with E-state index in [1.807, 2.05) is 0 Å². The van der Waals surface area contributed by atoms with E-state index in [0.29, 0.717) is 12.0 Å². The summed E-state index contributed by atoms with van der Waals surface area (Å²) in [4.78, 5) is 11.3. The lowest BCUT2D eigenvalue weighted by Gasteiger charge is -2.35. The van der Waals surface area contributed by atoms with E-state index in [-0.39, 0.29) is 11.0 Å². The van der Waals surface area contributed by atoms with Gasteiger partial charge < -0.3 is 9.84 Å². The summed E-state index contributed by atoms with van der Waals surface area (Å²) in [5.74, 6) is 1.13. The Morgan fingerprint density at radius 2 is 2.05 bits per heavy atom. The molecule has 0 amide bonds. The number of piperidine rings is 1. The topological polar surface area (TPSA) is 58.0 Å². The molecule has 1 aliphatic rings. The lowest BCUT2D eigenvalue weighted by atomic mass is 9.76. The van der Waals surface area contributed by atoms with E-state index < -0.39 is 0 Å². The van der Waals surface area contributed by atoms with Crippen LogP contribution in [0.2, 0.25) is 0 Å². The van der Waals surface area contributed by atoms with Crippen LogP contribution in [0.4, 0.5) is 0 Å². The van der Waals surface area contributed by atoms with Gasteiger partial charge >= 0.3 is 0 Å². The molecule has 1 saturated heterocycles. The van der Waals surface area contributed by atoms with Crippen molar-refractivity contribution in [2.24, 2.45) is 0 Å². The maximum atomic E-state index is 11.3. The van der Waals surface area contributed by atoms with E-state index in [0.717, 1.165) is 31.6 Å². The molecule has 3 rings (SSSR count). The van der Waals surface area contributed by atoms with Crippen molar-refractivity contribution in [3.05, 3.63) is 58.1 Å². The van der Waals surface area contributed by atoms with E-state index in [9.17, 15) is 4.79 Å². The first kappa shape index (κ1) is 15.1. The van der Waals surface area contributed by atoms with E-state index in [4.69, 9.17) is 4.52 Å². The van der Waals surface area contributed by atoms with Gasteiger partial charge in [-0.15, -0.1) is 0 Å². The van der Waals surface area contributed by atoms with Crippen molar-refractivity contribution in [2.75, 3.05) is 6.54 Å². The van der Waals surface area contributed by atoms with Crippen LogP contribution in [0.5, 0.6) is 0 Å². The van der Waals surface area contributed by atoms with E-state index in [1.54, 1.807) is 6.07 Å². The Labute approximate surface area is 130 Å². The normalized spacial score (nSPS) is 22.6. The second kappa shape index (κ2) is 6.13. The van der Waals surface area contributed by atoms with Crippen LogP contribution < -0.4 is 10.9 Å². The van der Waals surface area contributed by atoms with Crippen molar-refractivity contribution >= 4 is 0 Å². The molecule has 2 aromatic rings. The number of benzene rings is 1. The molecule has 118 valence electrons. The van der Waals surface area contributed by atoms with E-state index >= 15 is 0 Å². The summed E-state index contributed by atoms with van der Waals surface area (Å²) in [7, 11) is 0. The Kier molecular flexibility index (Phi) is 4.21. The molecule has 0 unspecified atom stereocenters. The van der Waals surface area contributed by atoms with Gasteiger partial charge in [-0.3, -0.25) is 4.79 Å². The van der Waals surface area contributed by atoms with E-state index in [2.05, 4.69) is 54.7 Å². The summed E-state index contributed by atoms with van der Waals surface area (Å²) in [6, 6.07) is 12.7. The highest BCUT2D eigenvalue weighted by atomic mass is 16.5. The largest absolute Gasteiger partial charge is 0.383 e. The minimum atomic E-state index is -0.144. The monoisotopic (exact) mass is 300 g/mol. The van der Waals surface area contributed by atoms with E-state index in [1.165, 1.54) is 5.56 Å². The number of rotatable bonds is 4. The lowest BCUT2D eigenvalue weighted by molar-refractivity contribution is 0.263. The van der Waals surface area contributed by atoms with Gasteiger partial charge in [0.1, 0.15) is 5.76 Å². The predicted octanol–water partition coefficient (Wildman–Crippen LogP) is 3.17. The molecule has 0 bridgehead atoms. The van der Waals surface area contributed by atoms with Gasteiger partial charge in [0.15, 0.2) is 0 Å². The maximum absolute atomic E-state index is 11.3. The summed E-state index contributed by atoms with van der Waals surface area (Å²) in [5.41, 5.74) is 1.35. The van der Waals surface area contributed by atoms with Gasteiger partial charge in [-0.1, -0.05) is 44.2 Å². The molecule has 1 aliphatic heterocycles. The third-order valence-electron chi connectivity index (χ3n) is 4.75. The van der Waals surface area contributed by atoms with Crippen molar-refractivity contribution in [1.29, 1.82) is 0 Å². The summed E-state index contributed by atoms with van der Waals surface area (Å²) in [6.07, 6.45) is 3.10. The SMILES string of the molecule is CC(C)(C[C@@H]1C[C@@H](c2cc(=O)[nH]o2)CCN1)c1ccccc1. The number of hydrogen-bond donors (Lipinski definition) is 2. The fraction of sp³-hybridized carbons (Fsp3) is 0.500. The van der Waals surface area contributed by atoms with Crippen molar-refractivity contribution in [3.63, 3.8) is 0 Å². The average molecular weight is 300 g/mol. The molecule has 4 nitrogen and oxygen atoms in total. The molecular weight excluding hydrogens is 276 g/mol. The van der Waals surface area contributed by atoms with Gasteiger partial charge in [0.05, 0.1) is 0 Å². The third kappa shape index (κ3) is 3.33. The molecule has 0 aliphatic carbocycles. The number of hydrogen-bond acceptors (Lipinski definition) is 3. The third-order valence-corrected chi connectivity index (χ3v) is 4.75. The Balaban J connectivity index is 1.69. The number of aromatic nitrogens is 1. The highest BCUT2D eigenvalue weighted by Crippen LogP contribution is 2.34. The number of nitrogens with one attached hydrogen (secondary N) is 2. The quantitative estimate of drug-likeness (QED) is 0.912. The smallest absolute Gasteiger partial charge is 0.280 e. The zero-order chi connectivity index (χ0) is 15.6. The van der Waals surface area contributed by atoms with Gasteiger partial charge in [-0.25, -0.2) is 0 Å². The Morgan fingerprint density at radius 1 is 1.27 bits per heavy atom. The molecule has 0 radical (unpaired) electrons. The fourth-order valence-corrected chi connectivity index (χ4v) is 3.54. The highest BCUT2D eigenvalue weighted by Gasteiger charge is 2.30.